The molecular formula is C16H25Cl2N3O3S. The molecule has 9 heteroatoms. The predicted molar refractivity (Wildman–Crippen MR) is 101 cm³/mol. The highest BCUT2D eigenvalue weighted by atomic mass is 35.5. The number of sulfonamides is 1. The molecule has 0 bridgehead atoms. The second-order valence-electron chi connectivity index (χ2n) is 6.07. The fraction of sp³-hybridized carbons (Fsp3) is 0.562. The maximum atomic E-state index is 12.7. The molecule has 1 aliphatic rings. The van der Waals surface area contributed by atoms with Gasteiger partial charge in [-0.15, -0.1) is 12.4 Å². The van der Waals surface area contributed by atoms with Crippen molar-refractivity contribution < 1.29 is 13.2 Å². The fourth-order valence-electron chi connectivity index (χ4n) is 2.65. The summed E-state index contributed by atoms with van der Waals surface area (Å²) < 4.78 is 26.7. The molecule has 0 radical (unpaired) electrons. The topological polar surface area (TPSA) is 83.7 Å². The Hall–Kier alpha value is -0.860. The van der Waals surface area contributed by atoms with E-state index < -0.39 is 16.1 Å². The highest BCUT2D eigenvalue weighted by molar-refractivity contribution is 7.89. The standard InChI is InChI=1S/C16H24ClN3O3S.ClH/c1-3-12(2)15(18)16(21)19-8-10-20(11-9-19)24(22,23)14-7-5-4-6-13(14)17;/h4-7,12,15H,3,8-11,18H2,1-2H3;1H. The fourth-order valence-corrected chi connectivity index (χ4v) is 4.57. The summed E-state index contributed by atoms with van der Waals surface area (Å²) in [5, 5.41) is 0.204. The molecule has 1 fully saturated rings. The van der Waals surface area contributed by atoms with Crippen LogP contribution in [0.3, 0.4) is 0 Å². The van der Waals surface area contributed by atoms with E-state index in [1.807, 2.05) is 13.8 Å². The van der Waals surface area contributed by atoms with Crippen LogP contribution in [0.1, 0.15) is 20.3 Å². The first kappa shape index (κ1) is 22.2. The molecule has 0 aromatic heterocycles. The van der Waals surface area contributed by atoms with E-state index in [-0.39, 0.29) is 47.2 Å². The van der Waals surface area contributed by atoms with Gasteiger partial charge >= 0.3 is 0 Å². The average molecular weight is 410 g/mol. The lowest BCUT2D eigenvalue weighted by atomic mass is 9.99. The van der Waals surface area contributed by atoms with Crippen LogP contribution in [-0.2, 0) is 14.8 Å². The van der Waals surface area contributed by atoms with Crippen LogP contribution in [0, 0.1) is 5.92 Å². The lowest BCUT2D eigenvalue weighted by molar-refractivity contribution is -0.134. The molecular weight excluding hydrogens is 385 g/mol. The summed E-state index contributed by atoms with van der Waals surface area (Å²) in [4.78, 5) is 14.1. The minimum absolute atomic E-state index is 0. The van der Waals surface area contributed by atoms with Crippen LogP contribution in [0.2, 0.25) is 5.02 Å². The van der Waals surface area contributed by atoms with Crippen LogP contribution in [0.5, 0.6) is 0 Å². The number of hydrogen-bond donors (Lipinski definition) is 1. The minimum atomic E-state index is -3.65. The molecule has 25 heavy (non-hydrogen) atoms. The molecule has 6 nitrogen and oxygen atoms in total. The minimum Gasteiger partial charge on any atom is -0.339 e. The largest absolute Gasteiger partial charge is 0.339 e. The number of benzene rings is 1. The van der Waals surface area contributed by atoms with E-state index in [2.05, 4.69) is 0 Å². The Kier molecular flexibility index (Phi) is 8.15. The first-order valence-electron chi connectivity index (χ1n) is 8.08. The van der Waals surface area contributed by atoms with Gasteiger partial charge < -0.3 is 10.6 Å². The van der Waals surface area contributed by atoms with Crippen molar-refractivity contribution in [2.45, 2.75) is 31.2 Å². The molecule has 1 saturated heterocycles. The summed E-state index contributed by atoms with van der Waals surface area (Å²) in [5.74, 6) is -0.0125. The summed E-state index contributed by atoms with van der Waals surface area (Å²) in [7, 11) is -3.65. The zero-order chi connectivity index (χ0) is 17.9. The molecule has 1 heterocycles. The first-order valence-corrected chi connectivity index (χ1v) is 9.90. The maximum absolute atomic E-state index is 12.7. The quantitative estimate of drug-likeness (QED) is 0.805. The van der Waals surface area contributed by atoms with Gasteiger partial charge in [0.05, 0.1) is 11.1 Å². The van der Waals surface area contributed by atoms with Crippen molar-refractivity contribution in [1.29, 1.82) is 0 Å². The third-order valence-electron chi connectivity index (χ3n) is 4.55. The predicted octanol–water partition coefficient (Wildman–Crippen LogP) is 1.97. The lowest BCUT2D eigenvalue weighted by Crippen LogP contribution is -2.55. The highest BCUT2D eigenvalue weighted by Crippen LogP contribution is 2.25. The average Bonchev–Trinajstić information content (AvgIpc) is 2.60. The Labute approximate surface area is 160 Å². The molecule has 2 rings (SSSR count). The van der Waals surface area contributed by atoms with Crippen LogP contribution in [0.4, 0.5) is 0 Å². The molecule has 1 amide bonds. The zero-order valence-corrected chi connectivity index (χ0v) is 16.8. The molecule has 1 aromatic rings. The molecule has 1 aliphatic heterocycles. The summed E-state index contributed by atoms with van der Waals surface area (Å²) >= 11 is 6.01. The van der Waals surface area contributed by atoms with Gasteiger partial charge in [-0.25, -0.2) is 8.42 Å². The number of rotatable bonds is 5. The molecule has 142 valence electrons. The van der Waals surface area contributed by atoms with E-state index >= 15 is 0 Å². The van der Waals surface area contributed by atoms with E-state index in [1.54, 1.807) is 23.1 Å². The van der Waals surface area contributed by atoms with Crippen molar-refractivity contribution in [2.75, 3.05) is 26.2 Å². The van der Waals surface area contributed by atoms with E-state index in [0.717, 1.165) is 6.42 Å². The SMILES string of the molecule is CCC(C)C(N)C(=O)N1CCN(S(=O)(=O)c2ccccc2Cl)CC1.Cl. The first-order chi connectivity index (χ1) is 11.3. The third-order valence-corrected chi connectivity index (χ3v) is 6.95. The summed E-state index contributed by atoms with van der Waals surface area (Å²) in [6.45, 7) is 5.10. The number of nitrogens with two attached hydrogens (primary N) is 1. The molecule has 2 atom stereocenters. The summed E-state index contributed by atoms with van der Waals surface area (Å²) in [6.07, 6.45) is 0.827. The molecule has 0 aliphatic carbocycles. The van der Waals surface area contributed by atoms with Crippen LogP contribution in [0.25, 0.3) is 0 Å². The van der Waals surface area contributed by atoms with Crippen LogP contribution in [0.15, 0.2) is 29.2 Å². The van der Waals surface area contributed by atoms with Crippen molar-refractivity contribution in [2.24, 2.45) is 11.7 Å². The van der Waals surface area contributed by atoms with E-state index in [4.69, 9.17) is 17.3 Å². The normalized spacial score (nSPS) is 18.3. The van der Waals surface area contributed by atoms with Gasteiger partial charge in [-0.1, -0.05) is 44.0 Å². The molecule has 1 aromatic carbocycles. The van der Waals surface area contributed by atoms with Crippen LogP contribution in [-0.4, -0.2) is 55.8 Å². The summed E-state index contributed by atoms with van der Waals surface area (Å²) in [5.41, 5.74) is 5.99. The van der Waals surface area contributed by atoms with Crippen molar-refractivity contribution in [3.8, 4) is 0 Å². The second kappa shape index (κ2) is 9.19. The Balaban J connectivity index is 0.00000312. The smallest absolute Gasteiger partial charge is 0.244 e. The van der Waals surface area contributed by atoms with Gasteiger partial charge in [0.2, 0.25) is 15.9 Å². The number of carbonyl (C=O) groups is 1. The van der Waals surface area contributed by atoms with Crippen molar-refractivity contribution in [1.82, 2.24) is 9.21 Å². The Morgan fingerprint density at radius 1 is 1.24 bits per heavy atom. The highest BCUT2D eigenvalue weighted by Gasteiger charge is 2.33. The monoisotopic (exact) mass is 409 g/mol. The number of hydrogen-bond acceptors (Lipinski definition) is 4. The van der Waals surface area contributed by atoms with Gasteiger partial charge in [0.15, 0.2) is 0 Å². The maximum Gasteiger partial charge on any atom is 0.244 e. The Morgan fingerprint density at radius 3 is 2.32 bits per heavy atom. The third kappa shape index (κ3) is 4.86. The molecule has 2 N–H and O–H groups in total. The lowest BCUT2D eigenvalue weighted by Gasteiger charge is -2.36. The van der Waals surface area contributed by atoms with Crippen molar-refractivity contribution >= 4 is 39.9 Å². The van der Waals surface area contributed by atoms with E-state index in [9.17, 15) is 13.2 Å². The Morgan fingerprint density at radius 2 is 1.80 bits per heavy atom. The zero-order valence-electron chi connectivity index (χ0n) is 14.4. The Bertz CT molecular complexity index is 692. The van der Waals surface area contributed by atoms with Gasteiger partial charge in [0.25, 0.3) is 0 Å². The summed E-state index contributed by atoms with van der Waals surface area (Å²) in [6, 6.07) is 5.84. The van der Waals surface area contributed by atoms with E-state index in [0.29, 0.717) is 13.1 Å². The second-order valence-corrected chi connectivity index (χ2v) is 8.38. The van der Waals surface area contributed by atoms with Gasteiger partial charge in [-0.3, -0.25) is 4.79 Å². The number of carbonyl (C=O) groups excluding carboxylic acids is 1. The molecule has 0 spiro atoms. The molecule has 2 unspecified atom stereocenters. The number of nitrogens with zero attached hydrogens (tertiary/aromatic N) is 2. The van der Waals surface area contributed by atoms with Crippen LogP contribution < -0.4 is 5.73 Å². The van der Waals surface area contributed by atoms with Crippen LogP contribution >= 0.6 is 24.0 Å². The molecule has 0 saturated carbocycles. The van der Waals surface area contributed by atoms with Gasteiger partial charge in [-0.2, -0.15) is 4.31 Å². The van der Waals surface area contributed by atoms with Crippen molar-refractivity contribution in [3.63, 3.8) is 0 Å². The van der Waals surface area contributed by atoms with E-state index in [1.165, 1.54) is 10.4 Å². The number of amides is 1. The van der Waals surface area contributed by atoms with Gasteiger partial charge in [-0.05, 0) is 18.1 Å². The number of piperazine rings is 1. The van der Waals surface area contributed by atoms with Crippen molar-refractivity contribution in [3.05, 3.63) is 29.3 Å². The number of halogens is 2. The van der Waals surface area contributed by atoms with Gasteiger partial charge in [0.1, 0.15) is 4.90 Å². The van der Waals surface area contributed by atoms with Gasteiger partial charge in [0, 0.05) is 26.2 Å².